The van der Waals surface area contributed by atoms with E-state index in [1.807, 2.05) is 24.3 Å². The number of carbonyl (C=O) groups is 1. The van der Waals surface area contributed by atoms with Crippen molar-refractivity contribution in [3.05, 3.63) is 24.3 Å². The van der Waals surface area contributed by atoms with Crippen molar-refractivity contribution < 1.29 is 9.53 Å². The first-order valence-electron chi connectivity index (χ1n) is 6.55. The Bertz CT molecular complexity index is 402. The second-order valence-corrected chi connectivity index (χ2v) is 5.60. The number of rotatable bonds is 5. The van der Waals surface area contributed by atoms with Gasteiger partial charge in [-0.3, -0.25) is 4.79 Å². The van der Waals surface area contributed by atoms with Gasteiger partial charge in [-0.2, -0.15) is 0 Å². The first-order chi connectivity index (χ1) is 9.28. The molecule has 19 heavy (non-hydrogen) atoms. The number of nitrogens with one attached hydrogen (secondary N) is 2. The van der Waals surface area contributed by atoms with E-state index in [4.69, 9.17) is 4.74 Å². The third-order valence-electron chi connectivity index (χ3n) is 3.13. The lowest BCUT2D eigenvalue weighted by molar-refractivity contribution is -0.119. The molecule has 0 saturated carbocycles. The molecular formula is C14H20N2O2S. The minimum Gasteiger partial charge on any atom is -0.497 e. The number of carbonyl (C=O) groups excluding carboxylic acids is 1. The maximum Gasteiger partial charge on any atom is 0.230 e. The van der Waals surface area contributed by atoms with Crippen molar-refractivity contribution in [2.45, 2.75) is 23.8 Å². The molecule has 1 fully saturated rings. The monoisotopic (exact) mass is 280 g/mol. The molecular weight excluding hydrogens is 260 g/mol. The molecule has 0 spiro atoms. The van der Waals surface area contributed by atoms with Crippen LogP contribution in [-0.4, -0.2) is 37.9 Å². The number of thioether (sulfide) groups is 1. The molecule has 104 valence electrons. The fourth-order valence-electron chi connectivity index (χ4n) is 2.06. The van der Waals surface area contributed by atoms with Gasteiger partial charge in [0.15, 0.2) is 0 Å². The molecule has 0 aromatic heterocycles. The van der Waals surface area contributed by atoms with Crippen LogP contribution in [0, 0.1) is 0 Å². The Hall–Kier alpha value is -1.20. The molecule has 1 saturated heterocycles. The summed E-state index contributed by atoms with van der Waals surface area (Å²) >= 11 is 1.55. The van der Waals surface area contributed by atoms with Gasteiger partial charge < -0.3 is 15.4 Å². The average molecular weight is 280 g/mol. The third-order valence-corrected chi connectivity index (χ3v) is 4.15. The fourth-order valence-corrected chi connectivity index (χ4v) is 2.77. The van der Waals surface area contributed by atoms with Crippen molar-refractivity contribution in [3.63, 3.8) is 0 Å². The molecule has 4 nitrogen and oxygen atoms in total. The van der Waals surface area contributed by atoms with Gasteiger partial charge in [0.1, 0.15) is 5.75 Å². The SMILES string of the molecule is COc1ccc(SCC(=O)NC2CCNCC2)cc1. The van der Waals surface area contributed by atoms with E-state index in [1.54, 1.807) is 18.9 Å². The number of methoxy groups -OCH3 is 1. The van der Waals surface area contributed by atoms with Gasteiger partial charge in [-0.1, -0.05) is 0 Å². The van der Waals surface area contributed by atoms with Gasteiger partial charge in [-0.05, 0) is 50.2 Å². The van der Waals surface area contributed by atoms with Gasteiger partial charge in [-0.25, -0.2) is 0 Å². The van der Waals surface area contributed by atoms with E-state index >= 15 is 0 Å². The van der Waals surface area contributed by atoms with E-state index < -0.39 is 0 Å². The Kier molecular flexibility index (Phi) is 5.54. The summed E-state index contributed by atoms with van der Waals surface area (Å²) in [7, 11) is 1.65. The summed E-state index contributed by atoms with van der Waals surface area (Å²) in [5, 5.41) is 6.38. The van der Waals surface area contributed by atoms with Gasteiger partial charge in [-0.15, -0.1) is 11.8 Å². The Labute approximate surface area is 118 Å². The highest BCUT2D eigenvalue weighted by Gasteiger charge is 2.15. The van der Waals surface area contributed by atoms with Gasteiger partial charge >= 0.3 is 0 Å². The van der Waals surface area contributed by atoms with Crippen molar-refractivity contribution in [2.24, 2.45) is 0 Å². The summed E-state index contributed by atoms with van der Waals surface area (Å²) < 4.78 is 5.10. The van der Waals surface area contributed by atoms with Crippen LogP contribution in [0.3, 0.4) is 0 Å². The smallest absolute Gasteiger partial charge is 0.230 e. The zero-order valence-electron chi connectivity index (χ0n) is 11.1. The number of piperidine rings is 1. The standard InChI is InChI=1S/C14H20N2O2S/c1-18-12-2-4-13(5-3-12)19-10-14(17)16-11-6-8-15-9-7-11/h2-5,11,15H,6-10H2,1H3,(H,16,17). The van der Waals surface area contributed by atoms with E-state index in [-0.39, 0.29) is 5.91 Å². The second kappa shape index (κ2) is 7.40. The van der Waals surface area contributed by atoms with Crippen LogP contribution in [-0.2, 0) is 4.79 Å². The first kappa shape index (κ1) is 14.2. The summed E-state index contributed by atoms with van der Waals surface area (Å²) in [5.74, 6) is 1.42. The molecule has 0 unspecified atom stereocenters. The van der Waals surface area contributed by atoms with Crippen LogP contribution >= 0.6 is 11.8 Å². The predicted molar refractivity (Wildman–Crippen MR) is 77.8 cm³/mol. The zero-order chi connectivity index (χ0) is 13.5. The van der Waals surface area contributed by atoms with Crippen LogP contribution < -0.4 is 15.4 Å². The highest BCUT2D eigenvalue weighted by Crippen LogP contribution is 2.21. The maximum atomic E-state index is 11.8. The molecule has 0 aliphatic carbocycles. The largest absolute Gasteiger partial charge is 0.497 e. The molecule has 0 bridgehead atoms. The van der Waals surface area contributed by atoms with Crippen molar-refractivity contribution in [1.29, 1.82) is 0 Å². The average Bonchev–Trinajstić information content (AvgIpc) is 2.47. The lowest BCUT2D eigenvalue weighted by atomic mass is 10.1. The van der Waals surface area contributed by atoms with Crippen LogP contribution in [0.2, 0.25) is 0 Å². The fraction of sp³-hybridized carbons (Fsp3) is 0.500. The second-order valence-electron chi connectivity index (χ2n) is 4.56. The summed E-state index contributed by atoms with van der Waals surface area (Å²) in [6, 6.07) is 8.10. The third kappa shape index (κ3) is 4.76. The zero-order valence-corrected chi connectivity index (χ0v) is 12.0. The van der Waals surface area contributed by atoms with Crippen LogP contribution in [0.4, 0.5) is 0 Å². The molecule has 0 atom stereocenters. The quantitative estimate of drug-likeness (QED) is 0.805. The van der Waals surface area contributed by atoms with Gasteiger partial charge in [0.2, 0.25) is 5.91 Å². The van der Waals surface area contributed by atoms with Crippen LogP contribution in [0.25, 0.3) is 0 Å². The van der Waals surface area contributed by atoms with E-state index in [2.05, 4.69) is 10.6 Å². The molecule has 0 radical (unpaired) electrons. The number of ether oxygens (including phenoxy) is 1. The summed E-state index contributed by atoms with van der Waals surface area (Å²) in [5.41, 5.74) is 0. The van der Waals surface area contributed by atoms with Crippen LogP contribution in [0.5, 0.6) is 5.75 Å². The van der Waals surface area contributed by atoms with Crippen LogP contribution in [0.15, 0.2) is 29.2 Å². The molecule has 1 heterocycles. The van der Waals surface area contributed by atoms with Gasteiger partial charge in [0.05, 0.1) is 12.9 Å². The predicted octanol–water partition coefficient (Wildman–Crippen LogP) is 1.66. The number of hydrogen-bond acceptors (Lipinski definition) is 4. The van der Waals surface area contributed by atoms with E-state index in [0.717, 1.165) is 36.6 Å². The van der Waals surface area contributed by atoms with Crippen molar-refractivity contribution in [2.75, 3.05) is 26.0 Å². The normalized spacial score (nSPS) is 16.1. The molecule has 1 aromatic carbocycles. The van der Waals surface area contributed by atoms with Gasteiger partial charge in [0, 0.05) is 10.9 Å². The van der Waals surface area contributed by atoms with Crippen molar-refractivity contribution in [3.8, 4) is 5.75 Å². The molecule has 1 aliphatic heterocycles. The Morgan fingerprint density at radius 3 is 2.68 bits per heavy atom. The van der Waals surface area contributed by atoms with E-state index in [1.165, 1.54) is 0 Å². The Morgan fingerprint density at radius 1 is 1.37 bits per heavy atom. The molecule has 1 amide bonds. The highest BCUT2D eigenvalue weighted by atomic mass is 32.2. The number of amides is 1. The summed E-state index contributed by atoms with van der Waals surface area (Å²) in [4.78, 5) is 12.9. The summed E-state index contributed by atoms with van der Waals surface area (Å²) in [6.07, 6.45) is 2.05. The lowest BCUT2D eigenvalue weighted by Gasteiger charge is -2.23. The topological polar surface area (TPSA) is 50.4 Å². The van der Waals surface area contributed by atoms with Crippen molar-refractivity contribution in [1.82, 2.24) is 10.6 Å². The number of benzene rings is 1. The van der Waals surface area contributed by atoms with E-state index in [0.29, 0.717) is 11.8 Å². The highest BCUT2D eigenvalue weighted by molar-refractivity contribution is 8.00. The lowest BCUT2D eigenvalue weighted by Crippen LogP contribution is -2.43. The number of hydrogen-bond donors (Lipinski definition) is 2. The van der Waals surface area contributed by atoms with Crippen molar-refractivity contribution >= 4 is 17.7 Å². The molecule has 1 aliphatic rings. The maximum absolute atomic E-state index is 11.8. The van der Waals surface area contributed by atoms with Crippen LogP contribution in [0.1, 0.15) is 12.8 Å². The first-order valence-corrected chi connectivity index (χ1v) is 7.53. The van der Waals surface area contributed by atoms with E-state index in [9.17, 15) is 4.79 Å². The minimum atomic E-state index is 0.118. The molecule has 2 rings (SSSR count). The molecule has 1 aromatic rings. The Morgan fingerprint density at radius 2 is 2.05 bits per heavy atom. The molecule has 5 heteroatoms. The summed E-state index contributed by atoms with van der Waals surface area (Å²) in [6.45, 7) is 1.99. The minimum absolute atomic E-state index is 0.118. The Balaban J connectivity index is 1.72. The van der Waals surface area contributed by atoms with Gasteiger partial charge in [0.25, 0.3) is 0 Å². The molecule has 2 N–H and O–H groups in total.